The summed E-state index contributed by atoms with van der Waals surface area (Å²) >= 11 is 0. The fraction of sp³-hybridized carbons (Fsp3) is 0.267. The Kier molecular flexibility index (Phi) is 2.36. The Bertz CT molecular complexity index is 511. The lowest BCUT2D eigenvalue weighted by molar-refractivity contribution is -0.116. The Labute approximate surface area is 101 Å². The highest BCUT2D eigenvalue weighted by Gasteiger charge is 2.33. The van der Waals surface area contributed by atoms with Gasteiger partial charge in [-0.05, 0) is 11.5 Å². The molecule has 1 aliphatic heterocycles. The summed E-state index contributed by atoms with van der Waals surface area (Å²) in [5, 5.41) is 0. The van der Waals surface area contributed by atoms with E-state index in [-0.39, 0.29) is 11.7 Å². The molecule has 1 atom stereocenters. The van der Waals surface area contributed by atoms with Crippen LogP contribution in [0.5, 0.6) is 0 Å². The van der Waals surface area contributed by atoms with E-state index in [1.165, 1.54) is 5.56 Å². The number of allylic oxidation sites excluding steroid dienone is 2. The summed E-state index contributed by atoms with van der Waals surface area (Å²) in [5.41, 5.74) is 2.07. The van der Waals surface area contributed by atoms with Gasteiger partial charge in [0.2, 0.25) is 0 Å². The lowest BCUT2D eigenvalue weighted by atomic mass is 9.82. The topological polar surface area (TPSA) is 26.3 Å². The van der Waals surface area contributed by atoms with Crippen LogP contribution in [0.25, 0.3) is 0 Å². The first kappa shape index (κ1) is 10.3. The summed E-state index contributed by atoms with van der Waals surface area (Å²) in [4.78, 5) is 12.0. The second-order valence-electron chi connectivity index (χ2n) is 4.66. The molecule has 86 valence electrons. The van der Waals surface area contributed by atoms with E-state index in [2.05, 4.69) is 18.7 Å². The minimum atomic E-state index is 0.221. The summed E-state index contributed by atoms with van der Waals surface area (Å²) in [6.07, 6.45) is 2.03. The van der Waals surface area contributed by atoms with Crippen molar-refractivity contribution >= 4 is 5.78 Å². The predicted octanol–water partition coefficient (Wildman–Crippen LogP) is 3.32. The second-order valence-corrected chi connectivity index (χ2v) is 4.66. The smallest absolute Gasteiger partial charge is 0.163 e. The van der Waals surface area contributed by atoms with Crippen molar-refractivity contribution < 1.29 is 9.53 Å². The number of carbonyl (C=O) groups is 1. The van der Waals surface area contributed by atoms with Gasteiger partial charge in [0.15, 0.2) is 5.78 Å². The van der Waals surface area contributed by atoms with Gasteiger partial charge in [0.05, 0.1) is 0 Å². The first-order valence-corrected chi connectivity index (χ1v) is 5.90. The summed E-state index contributed by atoms with van der Waals surface area (Å²) in [6.45, 7) is 3.79. The molecule has 1 heterocycles. The van der Waals surface area contributed by atoms with Gasteiger partial charge in [0.25, 0.3) is 0 Å². The first-order chi connectivity index (χ1) is 8.24. The molecule has 0 bridgehead atoms. The van der Waals surface area contributed by atoms with Gasteiger partial charge in [-0.3, -0.25) is 4.79 Å². The maximum atomic E-state index is 12.0. The van der Waals surface area contributed by atoms with Gasteiger partial charge in [-0.2, -0.15) is 0 Å². The Morgan fingerprint density at radius 2 is 1.94 bits per heavy atom. The van der Waals surface area contributed by atoms with Crippen LogP contribution in [0.4, 0.5) is 0 Å². The van der Waals surface area contributed by atoms with E-state index in [1.54, 1.807) is 0 Å². The highest BCUT2D eigenvalue weighted by molar-refractivity contribution is 5.98. The van der Waals surface area contributed by atoms with Crippen molar-refractivity contribution in [2.24, 2.45) is 0 Å². The minimum absolute atomic E-state index is 0.221. The van der Waals surface area contributed by atoms with Gasteiger partial charge in [0, 0.05) is 24.8 Å². The third-order valence-electron chi connectivity index (χ3n) is 3.45. The van der Waals surface area contributed by atoms with E-state index in [1.807, 2.05) is 18.2 Å². The molecule has 0 saturated heterocycles. The van der Waals surface area contributed by atoms with Crippen LogP contribution in [0.15, 0.2) is 54.0 Å². The largest absolute Gasteiger partial charge is 0.466 e. The van der Waals surface area contributed by atoms with Gasteiger partial charge in [-0.15, -0.1) is 0 Å². The molecular formula is C15H14O2. The second kappa shape index (κ2) is 3.88. The quantitative estimate of drug-likeness (QED) is 0.734. The molecule has 0 aromatic heterocycles. The summed E-state index contributed by atoms with van der Waals surface area (Å²) in [5.74, 6) is 2.03. The zero-order chi connectivity index (χ0) is 11.8. The zero-order valence-electron chi connectivity index (χ0n) is 9.61. The van der Waals surface area contributed by atoms with E-state index in [0.29, 0.717) is 18.6 Å². The van der Waals surface area contributed by atoms with E-state index in [4.69, 9.17) is 4.74 Å². The lowest BCUT2D eigenvalue weighted by Crippen LogP contribution is -2.16. The molecule has 0 radical (unpaired) electrons. The Morgan fingerprint density at radius 3 is 2.71 bits per heavy atom. The number of Topliss-reactive ketones (excluding diaryl/α,β-unsaturated/α-hetero) is 1. The molecule has 2 heteroatoms. The third kappa shape index (κ3) is 1.80. The number of carbonyl (C=O) groups excluding carboxylic acids is 1. The van der Waals surface area contributed by atoms with Crippen molar-refractivity contribution in [2.75, 3.05) is 0 Å². The average Bonchev–Trinajstić information content (AvgIpc) is 2.71. The molecule has 0 spiro atoms. The monoisotopic (exact) mass is 226 g/mol. The number of benzene rings is 1. The van der Waals surface area contributed by atoms with Crippen molar-refractivity contribution in [1.29, 1.82) is 0 Å². The molecule has 0 saturated carbocycles. The number of ether oxygens (including phenoxy) is 1. The molecule has 1 aromatic rings. The Morgan fingerprint density at radius 1 is 1.18 bits per heavy atom. The molecule has 2 nitrogen and oxygen atoms in total. The maximum Gasteiger partial charge on any atom is 0.163 e. The Hall–Kier alpha value is -1.83. The van der Waals surface area contributed by atoms with E-state index < -0.39 is 0 Å². The highest BCUT2D eigenvalue weighted by atomic mass is 16.5. The fourth-order valence-electron chi connectivity index (χ4n) is 2.59. The van der Waals surface area contributed by atoms with Crippen LogP contribution in [-0.2, 0) is 9.53 Å². The van der Waals surface area contributed by atoms with Crippen molar-refractivity contribution in [3.05, 3.63) is 59.6 Å². The third-order valence-corrected chi connectivity index (χ3v) is 3.45. The van der Waals surface area contributed by atoms with Gasteiger partial charge in [0.1, 0.15) is 11.5 Å². The van der Waals surface area contributed by atoms with Gasteiger partial charge in [-0.1, -0.05) is 36.9 Å². The van der Waals surface area contributed by atoms with Gasteiger partial charge >= 0.3 is 0 Å². The normalized spacial score (nSPS) is 23.6. The maximum absolute atomic E-state index is 12.0. The number of rotatable bonds is 1. The van der Waals surface area contributed by atoms with Crippen LogP contribution in [0.1, 0.15) is 30.7 Å². The number of hydrogen-bond donors (Lipinski definition) is 0. The predicted molar refractivity (Wildman–Crippen MR) is 65.3 cm³/mol. The lowest BCUT2D eigenvalue weighted by Gasteiger charge is -2.21. The van der Waals surface area contributed by atoms with Crippen molar-refractivity contribution in [3.8, 4) is 0 Å². The number of ketones is 1. The number of hydrogen-bond acceptors (Lipinski definition) is 2. The molecule has 1 unspecified atom stereocenters. The van der Waals surface area contributed by atoms with Crippen molar-refractivity contribution in [2.45, 2.75) is 25.2 Å². The highest BCUT2D eigenvalue weighted by Crippen LogP contribution is 2.41. The van der Waals surface area contributed by atoms with E-state index in [0.717, 1.165) is 17.8 Å². The molecule has 1 aliphatic carbocycles. The van der Waals surface area contributed by atoms with Gasteiger partial charge < -0.3 is 4.74 Å². The zero-order valence-corrected chi connectivity index (χ0v) is 9.61. The van der Waals surface area contributed by atoms with Crippen molar-refractivity contribution in [3.63, 3.8) is 0 Å². The van der Waals surface area contributed by atoms with E-state index >= 15 is 0 Å². The van der Waals surface area contributed by atoms with Crippen LogP contribution >= 0.6 is 0 Å². The molecule has 1 aromatic carbocycles. The van der Waals surface area contributed by atoms with Gasteiger partial charge in [-0.25, -0.2) is 0 Å². The standard InChI is InChI=1S/C15H14O2/c1-10-7-13-14(16)8-12(9-15(13)17-10)11-5-3-2-4-6-11/h2-6,12H,1,7-9H2. The molecule has 0 fully saturated rings. The fourth-order valence-corrected chi connectivity index (χ4v) is 2.59. The minimum Gasteiger partial charge on any atom is -0.466 e. The van der Waals surface area contributed by atoms with Crippen LogP contribution in [-0.4, -0.2) is 5.78 Å². The average molecular weight is 226 g/mol. The molecule has 0 amide bonds. The van der Waals surface area contributed by atoms with Crippen LogP contribution < -0.4 is 0 Å². The van der Waals surface area contributed by atoms with E-state index in [9.17, 15) is 4.79 Å². The van der Waals surface area contributed by atoms with Crippen LogP contribution in [0.3, 0.4) is 0 Å². The molecule has 3 rings (SSSR count). The SMILES string of the molecule is C=C1CC2=C(CC(c3ccccc3)CC2=O)O1. The summed E-state index contributed by atoms with van der Waals surface area (Å²) < 4.78 is 5.55. The van der Waals surface area contributed by atoms with Crippen LogP contribution in [0.2, 0.25) is 0 Å². The molecule has 0 N–H and O–H groups in total. The summed E-state index contributed by atoms with van der Waals surface area (Å²) in [7, 11) is 0. The Balaban J connectivity index is 1.89. The molecule has 17 heavy (non-hydrogen) atoms. The first-order valence-electron chi connectivity index (χ1n) is 5.90. The van der Waals surface area contributed by atoms with Crippen LogP contribution in [0, 0.1) is 0 Å². The molecular weight excluding hydrogens is 212 g/mol. The molecule has 2 aliphatic rings. The summed E-state index contributed by atoms with van der Waals surface area (Å²) in [6, 6.07) is 10.2. The van der Waals surface area contributed by atoms with Crippen molar-refractivity contribution in [1.82, 2.24) is 0 Å².